The van der Waals surface area contributed by atoms with Gasteiger partial charge in [0.05, 0.1) is 6.54 Å². The van der Waals surface area contributed by atoms with Crippen molar-refractivity contribution in [3.8, 4) is 0 Å². The fourth-order valence-electron chi connectivity index (χ4n) is 1.91. The van der Waals surface area contributed by atoms with Crippen molar-refractivity contribution in [2.24, 2.45) is 10.1 Å². The molecule has 88 valence electrons. The Kier molecular flexibility index (Phi) is 3.11. The lowest BCUT2D eigenvalue weighted by atomic mass is 10.1. The molecule has 1 unspecified atom stereocenters. The summed E-state index contributed by atoms with van der Waals surface area (Å²) in [5.41, 5.74) is 0. The Morgan fingerprint density at radius 2 is 2.24 bits per heavy atom. The third kappa shape index (κ3) is 2.35. The SMILES string of the molecule is BrC1=NO[C@H](c2ccc(C3C=CC=NC3)s2)C1. The molecule has 3 nitrogen and oxygen atoms in total. The number of allylic oxidation sites excluding steroid dienone is 1. The highest BCUT2D eigenvalue weighted by Crippen LogP contribution is 2.36. The fourth-order valence-corrected chi connectivity index (χ4v) is 3.39. The monoisotopic (exact) mass is 310 g/mol. The second-order valence-electron chi connectivity index (χ2n) is 4.01. The highest BCUT2D eigenvalue weighted by Gasteiger charge is 2.24. The molecule has 0 radical (unpaired) electrons. The van der Waals surface area contributed by atoms with Crippen LogP contribution in [0.3, 0.4) is 0 Å². The van der Waals surface area contributed by atoms with Crippen LogP contribution < -0.4 is 0 Å². The maximum atomic E-state index is 5.36. The maximum Gasteiger partial charge on any atom is 0.167 e. The third-order valence-electron chi connectivity index (χ3n) is 2.80. The van der Waals surface area contributed by atoms with Gasteiger partial charge in [-0.25, -0.2) is 0 Å². The molecule has 17 heavy (non-hydrogen) atoms. The normalized spacial score (nSPS) is 27.0. The molecule has 3 heterocycles. The maximum absolute atomic E-state index is 5.36. The van der Waals surface area contributed by atoms with Gasteiger partial charge < -0.3 is 4.84 Å². The van der Waals surface area contributed by atoms with Crippen molar-refractivity contribution in [1.29, 1.82) is 0 Å². The van der Waals surface area contributed by atoms with Crippen LogP contribution in [0.25, 0.3) is 0 Å². The van der Waals surface area contributed by atoms with Crippen molar-refractivity contribution in [3.05, 3.63) is 34.0 Å². The van der Waals surface area contributed by atoms with Gasteiger partial charge in [-0.1, -0.05) is 11.2 Å². The Labute approximate surface area is 112 Å². The third-order valence-corrected chi connectivity index (χ3v) is 4.58. The number of aliphatic imine (C=N–C) groups is 1. The molecule has 0 aliphatic carbocycles. The molecule has 2 atom stereocenters. The van der Waals surface area contributed by atoms with Gasteiger partial charge in [-0.15, -0.1) is 11.3 Å². The minimum atomic E-state index is 0.0826. The first kappa shape index (κ1) is 11.2. The standard InChI is InChI=1S/C12H11BrN2OS/c13-12-6-9(16-15-12)11-4-3-10(17-11)8-2-1-5-14-7-8/h1-5,8-9H,6-7H2/t8?,9-/m0/s1. The van der Waals surface area contributed by atoms with Crippen LogP contribution in [0.1, 0.15) is 28.2 Å². The predicted molar refractivity (Wildman–Crippen MR) is 74.4 cm³/mol. The molecule has 0 saturated carbocycles. The average molecular weight is 311 g/mol. The smallest absolute Gasteiger partial charge is 0.167 e. The van der Waals surface area contributed by atoms with E-state index >= 15 is 0 Å². The van der Waals surface area contributed by atoms with E-state index in [1.807, 2.05) is 12.3 Å². The van der Waals surface area contributed by atoms with Gasteiger partial charge in [0.1, 0.15) is 4.62 Å². The van der Waals surface area contributed by atoms with Crippen molar-refractivity contribution >= 4 is 38.1 Å². The topological polar surface area (TPSA) is 34.0 Å². The summed E-state index contributed by atoms with van der Waals surface area (Å²) in [7, 11) is 0. The molecule has 2 aliphatic heterocycles. The summed E-state index contributed by atoms with van der Waals surface area (Å²) in [5, 5.41) is 3.92. The van der Waals surface area contributed by atoms with Crippen LogP contribution in [0.2, 0.25) is 0 Å². The van der Waals surface area contributed by atoms with E-state index in [1.165, 1.54) is 9.75 Å². The number of thiophene rings is 1. The van der Waals surface area contributed by atoms with Crippen molar-refractivity contribution in [2.75, 3.05) is 6.54 Å². The van der Waals surface area contributed by atoms with Crippen LogP contribution in [0.15, 0.2) is 34.4 Å². The first-order valence-electron chi connectivity index (χ1n) is 5.47. The van der Waals surface area contributed by atoms with E-state index in [2.05, 4.69) is 44.3 Å². The average Bonchev–Trinajstić information content (AvgIpc) is 2.98. The number of oxime groups is 1. The fraction of sp³-hybridized carbons (Fsp3) is 0.333. The lowest BCUT2D eigenvalue weighted by molar-refractivity contribution is 0.0884. The van der Waals surface area contributed by atoms with Gasteiger partial charge in [-0.2, -0.15) is 0 Å². The Balaban J connectivity index is 1.74. The minimum absolute atomic E-state index is 0.0826. The zero-order valence-corrected chi connectivity index (χ0v) is 11.4. The summed E-state index contributed by atoms with van der Waals surface area (Å²) >= 11 is 5.15. The number of halogens is 1. The van der Waals surface area contributed by atoms with Crippen LogP contribution in [0.4, 0.5) is 0 Å². The van der Waals surface area contributed by atoms with Crippen molar-refractivity contribution in [2.45, 2.75) is 18.4 Å². The van der Waals surface area contributed by atoms with E-state index in [0.29, 0.717) is 5.92 Å². The Morgan fingerprint density at radius 3 is 2.94 bits per heavy atom. The van der Waals surface area contributed by atoms with E-state index < -0.39 is 0 Å². The molecule has 0 bridgehead atoms. The molecule has 0 N–H and O–H groups in total. The van der Waals surface area contributed by atoms with Gasteiger partial charge in [0.25, 0.3) is 0 Å². The van der Waals surface area contributed by atoms with Crippen LogP contribution >= 0.6 is 27.3 Å². The number of rotatable bonds is 2. The van der Waals surface area contributed by atoms with E-state index in [0.717, 1.165) is 17.6 Å². The largest absolute Gasteiger partial charge is 0.386 e. The molecule has 0 spiro atoms. The lowest BCUT2D eigenvalue weighted by Gasteiger charge is -2.10. The number of nitrogens with zero attached hydrogens (tertiary/aromatic N) is 2. The van der Waals surface area contributed by atoms with Crippen molar-refractivity contribution < 1.29 is 4.84 Å². The second-order valence-corrected chi connectivity index (χ2v) is 6.07. The number of dihydropyridines is 1. The van der Waals surface area contributed by atoms with Gasteiger partial charge in [0.15, 0.2) is 6.10 Å². The van der Waals surface area contributed by atoms with Gasteiger partial charge >= 0.3 is 0 Å². The predicted octanol–water partition coefficient (Wildman–Crippen LogP) is 3.64. The van der Waals surface area contributed by atoms with Crippen molar-refractivity contribution in [1.82, 2.24) is 0 Å². The summed E-state index contributed by atoms with van der Waals surface area (Å²) < 4.78 is 0.889. The molecule has 3 rings (SSSR count). The van der Waals surface area contributed by atoms with Crippen LogP contribution in [-0.4, -0.2) is 17.4 Å². The minimum Gasteiger partial charge on any atom is -0.386 e. The van der Waals surface area contributed by atoms with Crippen LogP contribution in [0, 0.1) is 0 Å². The second kappa shape index (κ2) is 4.74. The molecular weight excluding hydrogens is 300 g/mol. The first-order valence-corrected chi connectivity index (χ1v) is 7.08. The summed E-state index contributed by atoms with van der Waals surface area (Å²) in [6, 6.07) is 4.31. The zero-order valence-electron chi connectivity index (χ0n) is 9.04. The van der Waals surface area contributed by atoms with Gasteiger partial charge in [0.2, 0.25) is 0 Å². The highest BCUT2D eigenvalue weighted by molar-refractivity contribution is 9.18. The molecular formula is C12H11BrN2OS. The molecule has 0 aromatic carbocycles. The molecule has 1 aromatic rings. The van der Waals surface area contributed by atoms with E-state index in [4.69, 9.17) is 4.84 Å². The van der Waals surface area contributed by atoms with Gasteiger partial charge in [-0.05, 0) is 34.1 Å². The molecule has 0 amide bonds. The first-order chi connectivity index (χ1) is 8.33. The van der Waals surface area contributed by atoms with Crippen LogP contribution in [0.5, 0.6) is 0 Å². The number of hydrogen-bond donors (Lipinski definition) is 0. The molecule has 1 aromatic heterocycles. The van der Waals surface area contributed by atoms with Crippen LogP contribution in [-0.2, 0) is 4.84 Å². The van der Waals surface area contributed by atoms with E-state index in [9.17, 15) is 0 Å². The Hall–Kier alpha value is -0.940. The van der Waals surface area contributed by atoms with Gasteiger partial charge in [0, 0.05) is 28.3 Å². The quantitative estimate of drug-likeness (QED) is 0.821. The Morgan fingerprint density at radius 1 is 1.35 bits per heavy atom. The molecule has 5 heteroatoms. The summed E-state index contributed by atoms with van der Waals surface area (Å²) in [6.07, 6.45) is 6.98. The molecule has 0 fully saturated rings. The lowest BCUT2D eigenvalue weighted by Crippen LogP contribution is -2.00. The van der Waals surface area contributed by atoms with Gasteiger partial charge in [-0.3, -0.25) is 4.99 Å². The van der Waals surface area contributed by atoms with E-state index in [-0.39, 0.29) is 6.10 Å². The number of hydrogen-bond acceptors (Lipinski definition) is 4. The molecule has 2 aliphatic rings. The zero-order chi connectivity index (χ0) is 11.7. The highest BCUT2D eigenvalue weighted by atomic mass is 79.9. The summed E-state index contributed by atoms with van der Waals surface area (Å²) in [6.45, 7) is 0.849. The summed E-state index contributed by atoms with van der Waals surface area (Å²) in [4.78, 5) is 12.2. The Bertz CT molecular complexity index is 506. The molecule has 0 saturated heterocycles. The van der Waals surface area contributed by atoms with Crippen molar-refractivity contribution in [3.63, 3.8) is 0 Å². The van der Waals surface area contributed by atoms with E-state index in [1.54, 1.807) is 11.3 Å². The summed E-state index contributed by atoms with van der Waals surface area (Å²) in [5.74, 6) is 0.421.